The molecule has 4 aliphatic carbocycles. The summed E-state index contributed by atoms with van der Waals surface area (Å²) in [5, 5.41) is 35.3. The van der Waals surface area contributed by atoms with Crippen LogP contribution in [0.4, 0.5) is 0 Å². The van der Waals surface area contributed by atoms with Gasteiger partial charge in [0.25, 0.3) is 0 Å². The summed E-state index contributed by atoms with van der Waals surface area (Å²) in [6.07, 6.45) is 24.4. The van der Waals surface area contributed by atoms with Crippen molar-refractivity contribution < 1.29 is 58.3 Å². The second-order valence-electron chi connectivity index (χ2n) is 26.2. The second-order valence-corrected chi connectivity index (χ2v) is 26.2. The van der Waals surface area contributed by atoms with E-state index < -0.39 is 0 Å². The first kappa shape index (κ1) is 67.0. The molecule has 0 aromatic rings. The smallest absolute Gasteiger partial charge is 0.113 e. The molecule has 8 bridgehead atoms. The number of hydrogen-bond donors (Lipinski definition) is 8. The number of hydrogen-bond acceptors (Lipinski definition) is 16. The summed E-state index contributed by atoms with van der Waals surface area (Å²) in [6, 6.07) is 0. The van der Waals surface area contributed by atoms with Crippen LogP contribution in [-0.2, 0) is 58.3 Å². The monoisotopic (exact) mass is 1230 g/mol. The molecule has 0 aromatic carbocycles. The first-order valence-corrected chi connectivity index (χ1v) is 34.4. The van der Waals surface area contributed by atoms with E-state index in [0.717, 1.165) is 103 Å². The number of rotatable bonds is 32. The van der Waals surface area contributed by atoms with Crippen LogP contribution in [0.1, 0.15) is 209 Å². The third-order valence-electron chi connectivity index (χ3n) is 20.7. The molecule has 16 nitrogen and oxygen atoms in total. The van der Waals surface area contributed by atoms with Crippen molar-refractivity contribution in [2.24, 2.45) is 47.3 Å². The van der Waals surface area contributed by atoms with Gasteiger partial charge in [0.15, 0.2) is 0 Å². The predicted molar refractivity (Wildman–Crippen MR) is 317 cm³/mol. The fraction of sp³-hybridized carbons (Fsp3) is 1.00. The standard InChI is InChI=1S/C64H120N8O8.Pd/c1-9-17-33-73-49-45-47(51(75-35-19-11-3)55(79-39-23-15-7)53(49)77-37-21-13-5)63-70-61(45)68-59-43-31-27-25-29-41(43)57(66-59)65-58-42-30-26-28-32-44(42)60(67-58)69-62-46-48(64(71-62)72-63)52(76-36-20-12-4)56(80-40-24-16-8)54(78-38-22-14-6)50(46)74-34-18-10-2;/h41-72H,9-40H2,1-8H3;. The van der Waals surface area contributed by atoms with Crippen molar-refractivity contribution in [1.29, 1.82) is 0 Å². The largest absolute Gasteiger partial charge is 0.375 e. The minimum absolute atomic E-state index is 0. The molecule has 9 aliphatic rings. The molecule has 9 fully saturated rings. The van der Waals surface area contributed by atoms with E-state index in [1.165, 1.54) is 51.4 Å². The van der Waals surface area contributed by atoms with Crippen LogP contribution < -0.4 is 42.5 Å². The molecule has 9 rings (SSSR count). The van der Waals surface area contributed by atoms with Crippen molar-refractivity contribution in [2.45, 2.75) is 308 Å². The molecule has 0 radical (unpaired) electrons. The maximum Gasteiger partial charge on any atom is 0.113 e. The minimum atomic E-state index is -0.305. The van der Waals surface area contributed by atoms with E-state index in [1.807, 2.05) is 0 Å². The third-order valence-corrected chi connectivity index (χ3v) is 20.7. The van der Waals surface area contributed by atoms with E-state index in [-0.39, 0.29) is 142 Å². The van der Waals surface area contributed by atoms with Gasteiger partial charge in [-0.3, -0.25) is 42.5 Å². The maximum atomic E-state index is 7.46. The first-order valence-electron chi connectivity index (χ1n) is 34.4. The number of unbranched alkanes of at least 4 members (excludes halogenated alkanes) is 8. The van der Waals surface area contributed by atoms with Crippen molar-refractivity contribution in [3.05, 3.63) is 0 Å². The third kappa shape index (κ3) is 16.1. The van der Waals surface area contributed by atoms with Crippen LogP contribution in [0.3, 0.4) is 0 Å². The molecule has 24 atom stereocenters. The van der Waals surface area contributed by atoms with E-state index in [2.05, 4.69) is 97.9 Å². The summed E-state index contributed by atoms with van der Waals surface area (Å²) in [5.74, 6) is 2.03. The molecule has 0 aromatic heterocycles. The Kier molecular flexibility index (Phi) is 28.7. The van der Waals surface area contributed by atoms with Crippen LogP contribution in [0.15, 0.2) is 0 Å². The van der Waals surface area contributed by atoms with E-state index in [9.17, 15) is 0 Å². The van der Waals surface area contributed by atoms with Gasteiger partial charge in [-0.15, -0.1) is 0 Å². The Morgan fingerprint density at radius 3 is 0.580 bits per heavy atom. The number of nitrogens with one attached hydrogen (secondary N) is 8. The van der Waals surface area contributed by atoms with Crippen molar-refractivity contribution in [3.63, 3.8) is 0 Å². The second kappa shape index (κ2) is 34.7. The van der Waals surface area contributed by atoms with Crippen LogP contribution >= 0.6 is 0 Å². The van der Waals surface area contributed by atoms with Gasteiger partial charge in [-0.1, -0.05) is 132 Å². The molecular formula is C64H120N8O8Pd. The summed E-state index contributed by atoms with van der Waals surface area (Å²) in [5.41, 5.74) is 0. The molecule has 8 N–H and O–H groups in total. The zero-order valence-corrected chi connectivity index (χ0v) is 53.6. The number of ether oxygens (including phenoxy) is 8. The van der Waals surface area contributed by atoms with Crippen LogP contribution in [0.25, 0.3) is 0 Å². The summed E-state index contributed by atoms with van der Waals surface area (Å²) in [4.78, 5) is 0. The Labute approximate surface area is 506 Å². The average Bonchev–Trinajstić information content (AvgIpc) is 4.42. The Bertz CT molecular complexity index is 1620. The van der Waals surface area contributed by atoms with Gasteiger partial charge in [-0.2, -0.15) is 0 Å². The number of fused-ring (bicyclic) bond motifs is 20. The van der Waals surface area contributed by atoms with Gasteiger partial charge in [-0.25, -0.2) is 0 Å². The van der Waals surface area contributed by atoms with Gasteiger partial charge < -0.3 is 37.9 Å². The summed E-state index contributed by atoms with van der Waals surface area (Å²) in [6.45, 7) is 23.5. The molecular weight excluding hydrogens is 1120 g/mol. The van der Waals surface area contributed by atoms with Crippen LogP contribution in [0.2, 0.25) is 0 Å². The topological polar surface area (TPSA) is 170 Å². The SMILES string of the molecule is CCCCOC1C(OCCCC)C(OCCCC)C2C3NC(NC4NC(NC5NC(NC6NC(N3)C3C(OCCCC)C(OCCCC)C(OCCCC)C(OCCCC)C63)C3CCCCC53)C3CCCCC43)C2C1OCCCC.[Pd]. The van der Waals surface area contributed by atoms with Gasteiger partial charge in [0.2, 0.25) is 0 Å². The van der Waals surface area contributed by atoms with Gasteiger partial charge in [0.05, 0.1) is 73.7 Å². The van der Waals surface area contributed by atoms with Crippen molar-refractivity contribution in [2.75, 3.05) is 52.9 Å². The van der Waals surface area contributed by atoms with E-state index >= 15 is 0 Å². The van der Waals surface area contributed by atoms with Gasteiger partial charge >= 0.3 is 0 Å². The molecule has 24 unspecified atom stereocenters. The van der Waals surface area contributed by atoms with Crippen LogP contribution in [0.5, 0.6) is 0 Å². The van der Waals surface area contributed by atoms with Crippen molar-refractivity contribution in [3.8, 4) is 0 Å². The van der Waals surface area contributed by atoms with E-state index in [0.29, 0.717) is 76.5 Å². The Morgan fingerprint density at radius 1 is 0.235 bits per heavy atom. The molecule has 0 spiro atoms. The molecule has 4 saturated carbocycles. The summed E-state index contributed by atoms with van der Waals surface area (Å²) >= 11 is 0. The predicted octanol–water partition coefficient (Wildman–Crippen LogP) is 8.96. The Balaban J connectivity index is 0.00000860. The molecule has 81 heavy (non-hydrogen) atoms. The first-order chi connectivity index (χ1) is 39.4. The molecule has 17 heteroatoms. The summed E-state index contributed by atoms with van der Waals surface area (Å²) in [7, 11) is 0. The summed E-state index contributed by atoms with van der Waals surface area (Å²) < 4.78 is 58.8. The van der Waals surface area contributed by atoms with Gasteiger partial charge in [0.1, 0.15) is 24.4 Å². The Morgan fingerprint density at radius 2 is 0.395 bits per heavy atom. The molecule has 5 saturated heterocycles. The Hall–Kier alpha value is 0.0223. The van der Waals surface area contributed by atoms with Gasteiger partial charge in [0, 0.05) is 96.9 Å². The zero-order valence-electron chi connectivity index (χ0n) is 52.1. The van der Waals surface area contributed by atoms with Crippen molar-refractivity contribution in [1.82, 2.24) is 42.5 Å². The molecule has 5 aliphatic heterocycles. The van der Waals surface area contributed by atoms with Crippen molar-refractivity contribution >= 4 is 0 Å². The normalized spacial score (nSPS) is 41.8. The fourth-order valence-corrected chi connectivity index (χ4v) is 16.5. The molecule has 0 amide bonds. The fourth-order valence-electron chi connectivity index (χ4n) is 16.5. The minimum Gasteiger partial charge on any atom is -0.375 e. The molecule has 5 heterocycles. The van der Waals surface area contributed by atoms with Crippen LogP contribution in [0, 0.1) is 47.3 Å². The van der Waals surface area contributed by atoms with Crippen LogP contribution in [-0.4, -0.2) is 151 Å². The molecule has 474 valence electrons. The average molecular weight is 1240 g/mol. The van der Waals surface area contributed by atoms with E-state index in [1.54, 1.807) is 0 Å². The van der Waals surface area contributed by atoms with Gasteiger partial charge in [-0.05, 0) is 101 Å². The van der Waals surface area contributed by atoms with E-state index in [4.69, 9.17) is 37.9 Å². The maximum absolute atomic E-state index is 7.46. The zero-order chi connectivity index (χ0) is 55.8. The quantitative estimate of drug-likeness (QED) is 0.0237.